The monoisotopic (exact) mass is 481 g/mol. The Labute approximate surface area is 188 Å². The van der Waals surface area contributed by atoms with Gasteiger partial charge in [0.25, 0.3) is 0 Å². The molecule has 1 aliphatic rings. The Balaban J connectivity index is 1.50. The molecule has 170 valence electrons. The van der Waals surface area contributed by atoms with Crippen molar-refractivity contribution in [3.8, 4) is 22.1 Å². The number of ether oxygens (including phenoxy) is 2. The molecular formula is C21H21F2N3O4S2. The Bertz CT molecular complexity index is 1230. The van der Waals surface area contributed by atoms with Crippen LogP contribution in [-0.2, 0) is 10.0 Å². The molecule has 1 saturated heterocycles. The first-order valence-electron chi connectivity index (χ1n) is 9.84. The Morgan fingerprint density at radius 3 is 2.44 bits per heavy atom. The van der Waals surface area contributed by atoms with Crippen LogP contribution in [0.15, 0.2) is 41.3 Å². The molecule has 0 bridgehead atoms. The van der Waals surface area contributed by atoms with E-state index in [2.05, 4.69) is 10.2 Å². The van der Waals surface area contributed by atoms with E-state index in [1.165, 1.54) is 48.1 Å². The van der Waals surface area contributed by atoms with E-state index in [1.807, 2.05) is 0 Å². The number of aromatic nitrogens is 2. The molecular weight excluding hydrogens is 460 g/mol. The number of sulfonamides is 1. The van der Waals surface area contributed by atoms with Gasteiger partial charge in [0.15, 0.2) is 5.01 Å². The van der Waals surface area contributed by atoms with E-state index in [0.29, 0.717) is 41.7 Å². The predicted molar refractivity (Wildman–Crippen MR) is 116 cm³/mol. The minimum Gasteiger partial charge on any atom is -0.497 e. The fourth-order valence-electron chi connectivity index (χ4n) is 3.64. The predicted octanol–water partition coefficient (Wildman–Crippen LogP) is 4.07. The maximum atomic E-state index is 14.1. The molecule has 0 unspecified atom stereocenters. The molecule has 0 spiro atoms. The van der Waals surface area contributed by atoms with E-state index in [-0.39, 0.29) is 22.1 Å². The van der Waals surface area contributed by atoms with Crippen molar-refractivity contribution < 1.29 is 26.7 Å². The lowest BCUT2D eigenvalue weighted by Crippen LogP contribution is -2.38. The van der Waals surface area contributed by atoms with Crippen LogP contribution in [0.5, 0.6) is 11.5 Å². The minimum absolute atomic E-state index is 0.00316. The molecule has 0 N–H and O–H groups in total. The lowest BCUT2D eigenvalue weighted by Gasteiger charge is -2.30. The van der Waals surface area contributed by atoms with Gasteiger partial charge in [-0.15, -0.1) is 10.2 Å². The molecule has 4 rings (SSSR count). The molecule has 7 nitrogen and oxygen atoms in total. The number of rotatable bonds is 6. The summed E-state index contributed by atoms with van der Waals surface area (Å²) in [4.78, 5) is 0.0581. The fraction of sp³-hybridized carbons (Fsp3) is 0.333. The first kappa shape index (κ1) is 22.6. The number of piperidine rings is 1. The summed E-state index contributed by atoms with van der Waals surface area (Å²) in [5, 5.41) is 9.31. The SMILES string of the molecule is COc1ccc(OC)c(S(=O)(=O)N2CCC(c3nnc(-c4ccc(F)cc4F)s3)CC2)c1. The van der Waals surface area contributed by atoms with Gasteiger partial charge in [0.05, 0.1) is 14.2 Å². The van der Waals surface area contributed by atoms with Gasteiger partial charge in [-0.05, 0) is 37.1 Å². The minimum atomic E-state index is -3.78. The standard InChI is InChI=1S/C21H21F2N3O4S2/c1-29-15-4-6-18(30-2)19(12-15)32(27,28)26-9-7-13(8-10-26)20-24-25-21(31-20)16-5-3-14(22)11-17(16)23/h3-6,11-13H,7-10H2,1-2H3. The van der Waals surface area contributed by atoms with Crippen molar-refractivity contribution in [1.82, 2.24) is 14.5 Å². The summed E-state index contributed by atoms with van der Waals surface area (Å²) in [7, 11) is -0.889. The summed E-state index contributed by atoms with van der Waals surface area (Å²) >= 11 is 1.24. The van der Waals surface area contributed by atoms with Crippen LogP contribution in [0.4, 0.5) is 8.78 Å². The molecule has 0 amide bonds. The maximum Gasteiger partial charge on any atom is 0.246 e. The normalized spacial score (nSPS) is 15.6. The van der Waals surface area contributed by atoms with Crippen molar-refractivity contribution in [3.05, 3.63) is 53.0 Å². The Kier molecular flexibility index (Phi) is 6.40. The molecule has 1 aliphatic heterocycles. The summed E-state index contributed by atoms with van der Waals surface area (Å²) in [5.41, 5.74) is 0.195. The van der Waals surface area contributed by atoms with Crippen molar-refractivity contribution in [1.29, 1.82) is 0 Å². The third kappa shape index (κ3) is 4.32. The van der Waals surface area contributed by atoms with Gasteiger partial charge in [0, 0.05) is 36.7 Å². The van der Waals surface area contributed by atoms with E-state index in [9.17, 15) is 17.2 Å². The van der Waals surface area contributed by atoms with Crippen LogP contribution in [0, 0.1) is 11.6 Å². The van der Waals surface area contributed by atoms with Gasteiger partial charge in [-0.25, -0.2) is 17.2 Å². The van der Waals surface area contributed by atoms with Gasteiger partial charge < -0.3 is 9.47 Å². The number of benzene rings is 2. The fourth-order valence-corrected chi connectivity index (χ4v) is 6.32. The van der Waals surface area contributed by atoms with E-state index >= 15 is 0 Å². The highest BCUT2D eigenvalue weighted by Gasteiger charge is 2.33. The average Bonchev–Trinajstić information content (AvgIpc) is 3.28. The zero-order valence-corrected chi connectivity index (χ0v) is 19.0. The number of methoxy groups -OCH3 is 2. The van der Waals surface area contributed by atoms with Crippen LogP contribution < -0.4 is 9.47 Å². The van der Waals surface area contributed by atoms with Gasteiger partial charge in [-0.2, -0.15) is 4.31 Å². The van der Waals surface area contributed by atoms with Gasteiger partial charge in [-0.3, -0.25) is 0 Å². The van der Waals surface area contributed by atoms with Crippen molar-refractivity contribution in [2.45, 2.75) is 23.7 Å². The van der Waals surface area contributed by atoms with E-state index < -0.39 is 21.7 Å². The quantitative estimate of drug-likeness (QED) is 0.528. The first-order valence-corrected chi connectivity index (χ1v) is 12.1. The second-order valence-corrected chi connectivity index (χ2v) is 10.2. The van der Waals surface area contributed by atoms with Crippen LogP contribution in [0.25, 0.3) is 10.6 Å². The molecule has 3 aromatic rings. The van der Waals surface area contributed by atoms with Gasteiger partial charge in [0.2, 0.25) is 10.0 Å². The van der Waals surface area contributed by atoms with Crippen LogP contribution in [0.1, 0.15) is 23.8 Å². The Hall–Kier alpha value is -2.63. The second kappa shape index (κ2) is 9.08. The number of nitrogens with zero attached hydrogens (tertiary/aromatic N) is 3. The van der Waals surface area contributed by atoms with Crippen LogP contribution in [0.3, 0.4) is 0 Å². The molecule has 0 atom stereocenters. The number of halogens is 2. The highest BCUT2D eigenvalue weighted by atomic mass is 32.2. The lowest BCUT2D eigenvalue weighted by molar-refractivity contribution is 0.316. The van der Waals surface area contributed by atoms with Crippen LogP contribution in [-0.4, -0.2) is 50.2 Å². The second-order valence-electron chi connectivity index (χ2n) is 7.26. The maximum absolute atomic E-state index is 14.1. The third-order valence-electron chi connectivity index (χ3n) is 5.39. The van der Waals surface area contributed by atoms with Crippen molar-refractivity contribution in [2.75, 3.05) is 27.3 Å². The molecule has 1 aromatic heterocycles. The highest BCUT2D eigenvalue weighted by Crippen LogP contribution is 2.37. The van der Waals surface area contributed by atoms with Gasteiger partial charge >= 0.3 is 0 Å². The van der Waals surface area contributed by atoms with Crippen LogP contribution >= 0.6 is 11.3 Å². The summed E-state index contributed by atoms with van der Waals surface area (Å²) in [6, 6.07) is 7.99. The first-order chi connectivity index (χ1) is 15.3. The molecule has 1 fully saturated rings. The summed E-state index contributed by atoms with van der Waals surface area (Å²) < 4.78 is 65.5. The summed E-state index contributed by atoms with van der Waals surface area (Å²) in [6.45, 7) is 0.598. The smallest absolute Gasteiger partial charge is 0.246 e. The number of hydrogen-bond acceptors (Lipinski definition) is 7. The molecule has 0 saturated carbocycles. The zero-order chi connectivity index (χ0) is 22.9. The summed E-state index contributed by atoms with van der Waals surface area (Å²) in [6.07, 6.45) is 1.10. The van der Waals surface area contributed by atoms with Crippen LogP contribution in [0.2, 0.25) is 0 Å². The van der Waals surface area contributed by atoms with Gasteiger partial charge in [0.1, 0.15) is 33.0 Å². The third-order valence-corrected chi connectivity index (χ3v) is 8.43. The molecule has 2 aromatic carbocycles. The highest BCUT2D eigenvalue weighted by molar-refractivity contribution is 7.89. The zero-order valence-electron chi connectivity index (χ0n) is 17.4. The molecule has 0 aliphatic carbocycles. The Morgan fingerprint density at radius 2 is 1.78 bits per heavy atom. The Morgan fingerprint density at radius 1 is 1.03 bits per heavy atom. The molecule has 0 radical (unpaired) electrons. The molecule has 32 heavy (non-hydrogen) atoms. The molecule has 11 heteroatoms. The largest absolute Gasteiger partial charge is 0.497 e. The van der Waals surface area contributed by atoms with Crippen molar-refractivity contribution in [2.24, 2.45) is 0 Å². The number of hydrogen-bond donors (Lipinski definition) is 0. The molecule has 2 heterocycles. The topological polar surface area (TPSA) is 81.6 Å². The van der Waals surface area contributed by atoms with E-state index in [1.54, 1.807) is 12.1 Å². The van der Waals surface area contributed by atoms with Crippen molar-refractivity contribution >= 4 is 21.4 Å². The van der Waals surface area contributed by atoms with E-state index in [0.717, 1.165) is 6.07 Å². The lowest BCUT2D eigenvalue weighted by atomic mass is 9.99. The summed E-state index contributed by atoms with van der Waals surface area (Å²) in [5.74, 6) is -0.668. The van der Waals surface area contributed by atoms with Gasteiger partial charge in [-0.1, -0.05) is 11.3 Å². The van der Waals surface area contributed by atoms with Crippen molar-refractivity contribution in [3.63, 3.8) is 0 Å². The average molecular weight is 482 g/mol. The van der Waals surface area contributed by atoms with E-state index in [4.69, 9.17) is 9.47 Å².